The Hall–Kier alpha value is -3.56. The molecule has 200 valence electrons. The molecule has 3 aromatic rings. The Labute approximate surface area is 223 Å². The maximum atomic E-state index is 13.6. The number of hydrogen-bond acceptors (Lipinski definition) is 4. The van der Waals surface area contributed by atoms with Crippen molar-refractivity contribution in [2.45, 2.75) is 55.6 Å². The first-order valence-corrected chi connectivity index (χ1v) is 14.1. The zero-order chi connectivity index (χ0) is 27.1. The normalized spacial score (nSPS) is 14.1. The lowest BCUT2D eigenvalue weighted by Crippen LogP contribution is -2.49. The molecule has 0 heterocycles. The number of carbonyl (C=O) groups excluding carboxylic acids is 2. The van der Waals surface area contributed by atoms with Crippen molar-refractivity contribution in [1.82, 2.24) is 14.9 Å². The van der Waals surface area contributed by atoms with Crippen LogP contribution in [0.4, 0.5) is 4.39 Å². The Morgan fingerprint density at radius 1 is 0.921 bits per heavy atom. The van der Waals surface area contributed by atoms with Gasteiger partial charge in [-0.2, -0.15) is 0 Å². The molecule has 2 N–H and O–H groups in total. The maximum absolute atomic E-state index is 13.6. The number of nitrogens with one attached hydrogen (secondary N) is 2. The first-order valence-electron chi connectivity index (χ1n) is 12.7. The number of aryl methyl sites for hydroxylation is 1. The second-order valence-corrected chi connectivity index (χ2v) is 11.2. The second-order valence-electron chi connectivity index (χ2n) is 9.51. The highest BCUT2D eigenvalue weighted by molar-refractivity contribution is 7.89. The molecule has 9 heteroatoms. The van der Waals surface area contributed by atoms with Gasteiger partial charge in [-0.05, 0) is 60.2 Å². The van der Waals surface area contributed by atoms with Crippen molar-refractivity contribution in [3.05, 3.63) is 101 Å². The second kappa shape index (κ2) is 12.3. The quantitative estimate of drug-likeness (QED) is 0.369. The van der Waals surface area contributed by atoms with Crippen molar-refractivity contribution in [3.8, 4) is 0 Å². The predicted molar refractivity (Wildman–Crippen MR) is 143 cm³/mol. The molecule has 7 nitrogen and oxygen atoms in total. The smallest absolute Gasteiger partial charge is 0.242 e. The molecule has 1 atom stereocenters. The van der Waals surface area contributed by atoms with Gasteiger partial charge in [0.25, 0.3) is 0 Å². The van der Waals surface area contributed by atoms with Gasteiger partial charge in [0.05, 0.1) is 4.90 Å². The number of carbonyl (C=O) groups is 2. The third kappa shape index (κ3) is 7.49. The minimum absolute atomic E-state index is 0.0218. The van der Waals surface area contributed by atoms with Crippen molar-refractivity contribution in [2.75, 3.05) is 7.05 Å². The third-order valence-corrected chi connectivity index (χ3v) is 8.08. The van der Waals surface area contributed by atoms with Gasteiger partial charge in [0, 0.05) is 32.5 Å². The fourth-order valence-corrected chi connectivity index (χ4v) is 5.53. The number of likely N-dealkylation sites (N-methyl/N-ethyl adjacent to an activating group) is 1. The molecule has 0 radical (unpaired) electrons. The molecule has 0 aliphatic heterocycles. The Balaban J connectivity index is 1.51. The molecular weight excluding hydrogens is 505 g/mol. The van der Waals surface area contributed by atoms with Crippen molar-refractivity contribution in [2.24, 2.45) is 0 Å². The molecule has 0 bridgehead atoms. The highest BCUT2D eigenvalue weighted by atomic mass is 32.2. The summed E-state index contributed by atoms with van der Waals surface area (Å²) in [4.78, 5) is 28.3. The highest BCUT2D eigenvalue weighted by Crippen LogP contribution is 2.23. The maximum Gasteiger partial charge on any atom is 0.242 e. The van der Waals surface area contributed by atoms with E-state index in [1.807, 2.05) is 30.3 Å². The van der Waals surface area contributed by atoms with Crippen LogP contribution in [-0.4, -0.2) is 44.3 Å². The largest absolute Gasteiger partial charge is 0.357 e. The van der Waals surface area contributed by atoms with E-state index in [0.717, 1.165) is 24.0 Å². The summed E-state index contributed by atoms with van der Waals surface area (Å²) in [7, 11) is -2.01. The fraction of sp³-hybridized carbons (Fsp3) is 0.310. The van der Waals surface area contributed by atoms with Crippen molar-refractivity contribution < 1.29 is 22.4 Å². The van der Waals surface area contributed by atoms with Crippen LogP contribution in [0, 0.1) is 5.82 Å². The van der Waals surface area contributed by atoms with Crippen molar-refractivity contribution in [1.29, 1.82) is 0 Å². The van der Waals surface area contributed by atoms with E-state index in [1.165, 1.54) is 24.1 Å². The van der Waals surface area contributed by atoms with Crippen LogP contribution in [0.5, 0.6) is 0 Å². The lowest BCUT2D eigenvalue weighted by Gasteiger charge is -2.31. The monoisotopic (exact) mass is 537 g/mol. The van der Waals surface area contributed by atoms with Crippen molar-refractivity contribution in [3.63, 3.8) is 0 Å². The van der Waals surface area contributed by atoms with E-state index in [-0.39, 0.29) is 41.5 Å². The number of rotatable bonds is 12. The zero-order valence-corrected chi connectivity index (χ0v) is 22.1. The Kier molecular flexibility index (Phi) is 8.91. The Morgan fingerprint density at radius 3 is 2.16 bits per heavy atom. The van der Waals surface area contributed by atoms with Gasteiger partial charge < -0.3 is 10.2 Å². The van der Waals surface area contributed by atoms with Gasteiger partial charge in [0.15, 0.2) is 0 Å². The SMILES string of the molecule is CNC(=O)[C@@H](Cc1ccccc1)N(Cc1ccc(F)cc1)C(=O)CCc1ccc(S(=O)(=O)NC2CC2)cc1. The molecule has 0 unspecified atom stereocenters. The Bertz CT molecular complexity index is 1340. The molecule has 1 saturated carbocycles. The van der Waals surface area contributed by atoms with E-state index < -0.39 is 16.1 Å². The van der Waals surface area contributed by atoms with Gasteiger partial charge in [-0.15, -0.1) is 0 Å². The minimum atomic E-state index is -3.55. The average Bonchev–Trinajstić information content (AvgIpc) is 3.74. The summed E-state index contributed by atoms with van der Waals surface area (Å²) in [6.07, 6.45) is 2.54. The predicted octanol–water partition coefficient (Wildman–Crippen LogP) is 3.59. The van der Waals surface area contributed by atoms with Gasteiger partial charge in [-0.3, -0.25) is 9.59 Å². The van der Waals surface area contributed by atoms with Crippen LogP contribution in [-0.2, 0) is 39.0 Å². The van der Waals surface area contributed by atoms with Gasteiger partial charge in [0.1, 0.15) is 11.9 Å². The van der Waals surface area contributed by atoms with Crippen LogP contribution < -0.4 is 10.0 Å². The van der Waals surface area contributed by atoms with Crippen LogP contribution in [0.15, 0.2) is 83.8 Å². The van der Waals surface area contributed by atoms with Crippen LogP contribution in [0.2, 0.25) is 0 Å². The van der Waals surface area contributed by atoms with E-state index in [9.17, 15) is 22.4 Å². The topological polar surface area (TPSA) is 95.6 Å². The van der Waals surface area contributed by atoms with E-state index in [4.69, 9.17) is 0 Å². The van der Waals surface area contributed by atoms with E-state index in [2.05, 4.69) is 10.0 Å². The number of amides is 2. The molecule has 1 fully saturated rings. The number of hydrogen-bond donors (Lipinski definition) is 2. The average molecular weight is 538 g/mol. The first kappa shape index (κ1) is 27.5. The van der Waals surface area contributed by atoms with Gasteiger partial charge in [0.2, 0.25) is 21.8 Å². The van der Waals surface area contributed by atoms with Crippen molar-refractivity contribution >= 4 is 21.8 Å². The van der Waals surface area contributed by atoms with Crippen LogP contribution >= 0.6 is 0 Å². The summed E-state index contributed by atoms with van der Waals surface area (Å²) in [6, 6.07) is 21.1. The molecule has 0 spiro atoms. The minimum Gasteiger partial charge on any atom is -0.357 e. The van der Waals surface area contributed by atoms with E-state index >= 15 is 0 Å². The molecule has 1 aliphatic rings. The fourth-order valence-electron chi connectivity index (χ4n) is 4.23. The summed E-state index contributed by atoms with van der Waals surface area (Å²) >= 11 is 0. The molecule has 2 amide bonds. The molecule has 4 rings (SSSR count). The van der Waals surface area contributed by atoms with Crippen LogP contribution in [0.1, 0.15) is 36.0 Å². The molecule has 1 aliphatic carbocycles. The van der Waals surface area contributed by atoms with Gasteiger partial charge in [-0.1, -0.05) is 54.6 Å². The van der Waals surface area contributed by atoms with Crippen LogP contribution in [0.25, 0.3) is 0 Å². The number of halogens is 1. The summed E-state index contributed by atoms with van der Waals surface area (Å²) < 4.78 is 41.0. The summed E-state index contributed by atoms with van der Waals surface area (Å²) in [6.45, 7) is 0.147. The molecule has 3 aromatic carbocycles. The van der Waals surface area contributed by atoms with E-state index in [0.29, 0.717) is 18.4 Å². The standard InChI is InChI=1S/C29H32FN3O4S/c1-31-29(35)27(19-22-5-3-2-4-6-22)33(20-23-7-12-24(30)13-8-23)28(34)18-11-21-9-16-26(17-10-21)38(36,37)32-25-14-15-25/h2-10,12-13,16-17,25,27,32H,11,14-15,18-20H2,1H3,(H,31,35)/t27-/m1/s1. The van der Waals surface area contributed by atoms with E-state index in [1.54, 1.807) is 36.4 Å². The third-order valence-electron chi connectivity index (χ3n) is 6.54. The summed E-state index contributed by atoms with van der Waals surface area (Å²) in [5.74, 6) is -0.899. The lowest BCUT2D eigenvalue weighted by atomic mass is 10.0. The first-order chi connectivity index (χ1) is 18.2. The lowest BCUT2D eigenvalue weighted by molar-refractivity contribution is -0.141. The highest BCUT2D eigenvalue weighted by Gasteiger charge is 2.30. The van der Waals surface area contributed by atoms with Gasteiger partial charge in [-0.25, -0.2) is 17.5 Å². The zero-order valence-electron chi connectivity index (χ0n) is 21.3. The number of nitrogens with zero attached hydrogens (tertiary/aromatic N) is 1. The summed E-state index contributed by atoms with van der Waals surface area (Å²) in [5, 5.41) is 2.67. The summed E-state index contributed by atoms with van der Waals surface area (Å²) in [5.41, 5.74) is 2.43. The molecule has 0 aromatic heterocycles. The molecule has 38 heavy (non-hydrogen) atoms. The Morgan fingerprint density at radius 2 is 1.55 bits per heavy atom. The number of sulfonamides is 1. The van der Waals surface area contributed by atoms with Crippen LogP contribution in [0.3, 0.4) is 0 Å². The molecule has 0 saturated heterocycles. The van der Waals surface area contributed by atoms with Gasteiger partial charge >= 0.3 is 0 Å². The molecular formula is C29H32FN3O4S. The number of benzene rings is 3.